The third kappa shape index (κ3) is 4.79. The van der Waals surface area contributed by atoms with Gasteiger partial charge < -0.3 is 14.4 Å². The summed E-state index contributed by atoms with van der Waals surface area (Å²) in [6.45, 7) is 3.73. The molecule has 1 aromatic carbocycles. The Bertz CT molecular complexity index is 638. The van der Waals surface area contributed by atoms with Crippen molar-refractivity contribution in [1.82, 2.24) is 19.9 Å². The Morgan fingerprint density at radius 3 is 2.79 bits per heavy atom. The van der Waals surface area contributed by atoms with E-state index in [4.69, 9.17) is 9.47 Å². The molecule has 0 aliphatic carbocycles. The Hall–Kier alpha value is -2.41. The highest BCUT2D eigenvalue weighted by molar-refractivity contribution is 5.76. The monoisotopic (exact) mass is 330 g/mol. The van der Waals surface area contributed by atoms with E-state index in [9.17, 15) is 4.79 Å². The van der Waals surface area contributed by atoms with Gasteiger partial charge in [-0.1, -0.05) is 23.4 Å². The average molecular weight is 330 g/mol. The third-order valence-corrected chi connectivity index (χ3v) is 3.86. The van der Waals surface area contributed by atoms with Crippen molar-refractivity contribution in [3.63, 3.8) is 0 Å². The molecule has 1 fully saturated rings. The van der Waals surface area contributed by atoms with Crippen LogP contribution in [0.25, 0.3) is 0 Å². The number of ether oxygens (including phenoxy) is 2. The summed E-state index contributed by atoms with van der Waals surface area (Å²) in [7, 11) is 0. The first-order chi connectivity index (χ1) is 11.8. The lowest BCUT2D eigenvalue weighted by Crippen LogP contribution is -2.40. The predicted molar refractivity (Wildman–Crippen MR) is 87.4 cm³/mol. The minimum Gasteiger partial charge on any atom is -0.487 e. The molecule has 0 bridgehead atoms. The fourth-order valence-corrected chi connectivity index (χ4v) is 2.55. The van der Waals surface area contributed by atoms with E-state index in [-0.39, 0.29) is 5.91 Å². The molecule has 1 saturated heterocycles. The first-order valence-corrected chi connectivity index (χ1v) is 8.23. The van der Waals surface area contributed by atoms with Gasteiger partial charge in [0, 0.05) is 26.1 Å². The Morgan fingerprint density at radius 2 is 2.00 bits per heavy atom. The summed E-state index contributed by atoms with van der Waals surface area (Å²) < 4.78 is 12.7. The average Bonchev–Trinajstić information content (AvgIpc) is 3.09. The number of hydrogen-bond donors (Lipinski definition) is 0. The normalized spacial score (nSPS) is 14.6. The predicted octanol–water partition coefficient (Wildman–Crippen LogP) is 1.50. The van der Waals surface area contributed by atoms with E-state index >= 15 is 0 Å². The lowest BCUT2D eigenvalue weighted by Gasteiger charge is -2.26. The largest absolute Gasteiger partial charge is 0.487 e. The summed E-state index contributed by atoms with van der Waals surface area (Å²) in [5.41, 5.74) is 0.776. The highest BCUT2D eigenvalue weighted by atomic mass is 16.5. The number of aromatic nitrogens is 3. The number of morpholine rings is 1. The van der Waals surface area contributed by atoms with Crippen LogP contribution in [0.4, 0.5) is 0 Å². The van der Waals surface area contributed by atoms with Crippen molar-refractivity contribution < 1.29 is 14.3 Å². The van der Waals surface area contributed by atoms with Crippen LogP contribution in [0.3, 0.4) is 0 Å². The molecule has 0 radical (unpaired) electrons. The number of aryl methyl sites for hydroxylation is 1. The van der Waals surface area contributed by atoms with Gasteiger partial charge in [-0.25, -0.2) is 0 Å². The summed E-state index contributed by atoms with van der Waals surface area (Å²) >= 11 is 0. The van der Waals surface area contributed by atoms with E-state index in [1.165, 1.54) is 0 Å². The Balaban J connectivity index is 1.38. The second kappa shape index (κ2) is 8.44. The van der Waals surface area contributed by atoms with E-state index in [2.05, 4.69) is 10.3 Å². The third-order valence-electron chi connectivity index (χ3n) is 3.86. The number of rotatable bonds is 7. The number of carbonyl (C=O) groups excluding carboxylic acids is 1. The molecule has 128 valence electrons. The Labute approximate surface area is 141 Å². The van der Waals surface area contributed by atoms with Crippen molar-refractivity contribution in [3.05, 3.63) is 42.2 Å². The van der Waals surface area contributed by atoms with Crippen molar-refractivity contribution in [2.24, 2.45) is 0 Å². The van der Waals surface area contributed by atoms with Gasteiger partial charge in [-0.15, -0.1) is 5.10 Å². The van der Waals surface area contributed by atoms with E-state index in [0.717, 1.165) is 17.9 Å². The van der Waals surface area contributed by atoms with Gasteiger partial charge >= 0.3 is 0 Å². The summed E-state index contributed by atoms with van der Waals surface area (Å²) in [4.78, 5) is 13.9. The van der Waals surface area contributed by atoms with Gasteiger partial charge in [-0.3, -0.25) is 9.48 Å². The highest BCUT2D eigenvalue weighted by Gasteiger charge is 2.16. The van der Waals surface area contributed by atoms with E-state index in [0.29, 0.717) is 45.9 Å². The number of carbonyl (C=O) groups is 1. The molecular weight excluding hydrogens is 308 g/mol. The van der Waals surface area contributed by atoms with E-state index in [1.807, 2.05) is 41.4 Å². The zero-order valence-corrected chi connectivity index (χ0v) is 13.6. The van der Waals surface area contributed by atoms with Crippen LogP contribution in [-0.4, -0.2) is 52.1 Å². The fourth-order valence-electron chi connectivity index (χ4n) is 2.55. The van der Waals surface area contributed by atoms with Crippen LogP contribution < -0.4 is 4.74 Å². The summed E-state index contributed by atoms with van der Waals surface area (Å²) in [5.74, 6) is 0.995. The molecule has 1 aliphatic rings. The highest BCUT2D eigenvalue weighted by Crippen LogP contribution is 2.10. The van der Waals surface area contributed by atoms with Crippen LogP contribution in [0.15, 0.2) is 36.5 Å². The molecule has 3 rings (SSSR count). The van der Waals surface area contributed by atoms with Crippen LogP contribution in [0.2, 0.25) is 0 Å². The first-order valence-electron chi connectivity index (χ1n) is 8.23. The van der Waals surface area contributed by atoms with Crippen LogP contribution in [-0.2, 0) is 22.7 Å². The molecule has 1 aromatic heterocycles. The van der Waals surface area contributed by atoms with Crippen LogP contribution in [0, 0.1) is 0 Å². The number of amides is 1. The van der Waals surface area contributed by atoms with Gasteiger partial charge in [0.1, 0.15) is 18.1 Å². The summed E-state index contributed by atoms with van der Waals surface area (Å²) in [6, 6.07) is 9.61. The summed E-state index contributed by atoms with van der Waals surface area (Å²) in [5, 5.41) is 8.17. The van der Waals surface area contributed by atoms with Crippen LogP contribution >= 0.6 is 0 Å². The fraction of sp³-hybridized carbons (Fsp3) is 0.471. The Kier molecular flexibility index (Phi) is 5.79. The number of benzene rings is 1. The van der Waals surface area contributed by atoms with Gasteiger partial charge in [0.15, 0.2) is 0 Å². The Morgan fingerprint density at radius 1 is 1.21 bits per heavy atom. The van der Waals surface area contributed by atoms with Crippen molar-refractivity contribution in [1.29, 1.82) is 0 Å². The number of hydrogen-bond acceptors (Lipinski definition) is 5. The molecule has 24 heavy (non-hydrogen) atoms. The topological polar surface area (TPSA) is 69.5 Å². The lowest BCUT2D eigenvalue weighted by atomic mass is 10.2. The van der Waals surface area contributed by atoms with Crippen molar-refractivity contribution in [2.75, 3.05) is 26.3 Å². The van der Waals surface area contributed by atoms with Crippen molar-refractivity contribution in [3.8, 4) is 5.75 Å². The molecule has 7 heteroatoms. The SMILES string of the molecule is O=C(CCCn1cc(COc2ccccc2)nn1)N1CCOCC1. The van der Waals surface area contributed by atoms with Gasteiger partial charge in [-0.05, 0) is 18.6 Å². The molecule has 1 amide bonds. The molecule has 0 N–H and O–H groups in total. The van der Waals surface area contributed by atoms with E-state index in [1.54, 1.807) is 4.68 Å². The van der Waals surface area contributed by atoms with Crippen molar-refractivity contribution >= 4 is 5.91 Å². The molecule has 7 nitrogen and oxygen atoms in total. The van der Waals surface area contributed by atoms with Crippen molar-refractivity contribution in [2.45, 2.75) is 26.0 Å². The molecule has 2 heterocycles. The molecular formula is C17H22N4O3. The maximum Gasteiger partial charge on any atom is 0.222 e. The smallest absolute Gasteiger partial charge is 0.222 e. The zero-order chi connectivity index (χ0) is 16.6. The molecule has 0 saturated carbocycles. The standard InChI is InChI=1S/C17H22N4O3/c22-17(20-9-11-23-12-10-20)7-4-8-21-13-15(18-19-21)14-24-16-5-2-1-3-6-16/h1-3,5-6,13H,4,7-12,14H2. The number of para-hydroxylation sites is 1. The number of nitrogens with zero attached hydrogens (tertiary/aromatic N) is 4. The van der Waals surface area contributed by atoms with Crippen LogP contribution in [0.1, 0.15) is 18.5 Å². The first kappa shape index (κ1) is 16.4. The van der Waals surface area contributed by atoms with E-state index < -0.39 is 0 Å². The minimum absolute atomic E-state index is 0.186. The molecule has 0 unspecified atom stereocenters. The second-order valence-corrected chi connectivity index (χ2v) is 5.67. The molecule has 0 spiro atoms. The molecule has 2 aromatic rings. The van der Waals surface area contributed by atoms with Gasteiger partial charge in [0.2, 0.25) is 5.91 Å². The van der Waals surface area contributed by atoms with Gasteiger partial charge in [0.25, 0.3) is 0 Å². The summed E-state index contributed by atoms with van der Waals surface area (Å²) in [6.07, 6.45) is 3.14. The quantitative estimate of drug-likeness (QED) is 0.769. The van der Waals surface area contributed by atoms with Gasteiger partial charge in [0.05, 0.1) is 19.4 Å². The maximum absolute atomic E-state index is 12.1. The maximum atomic E-state index is 12.1. The van der Waals surface area contributed by atoms with Gasteiger partial charge in [-0.2, -0.15) is 0 Å². The second-order valence-electron chi connectivity index (χ2n) is 5.67. The molecule has 0 atom stereocenters. The minimum atomic E-state index is 0.186. The molecule has 1 aliphatic heterocycles. The van der Waals surface area contributed by atoms with Crippen LogP contribution in [0.5, 0.6) is 5.75 Å². The lowest BCUT2D eigenvalue weighted by molar-refractivity contribution is -0.135. The zero-order valence-electron chi connectivity index (χ0n) is 13.6.